The average Bonchev–Trinajstić information content (AvgIpc) is 2.77. The van der Waals surface area contributed by atoms with E-state index >= 15 is 0 Å². The van der Waals surface area contributed by atoms with E-state index < -0.39 is 0 Å². The van der Waals surface area contributed by atoms with Gasteiger partial charge in [-0.05, 0) is 32.8 Å². The first-order valence-corrected chi connectivity index (χ1v) is 7.81. The number of hydrogen-bond donors (Lipinski definition) is 0. The largest absolute Gasteiger partial charge is 0.377 e. The van der Waals surface area contributed by atoms with Crippen LogP contribution in [0.1, 0.15) is 36.7 Å². The fourth-order valence-corrected chi connectivity index (χ4v) is 2.94. The smallest absolute Gasteiger partial charge is 0.223 e. The second-order valence-corrected chi connectivity index (χ2v) is 5.79. The van der Waals surface area contributed by atoms with Crippen LogP contribution in [0.25, 0.3) is 0 Å². The molecule has 0 radical (unpaired) electrons. The third-order valence-corrected chi connectivity index (χ3v) is 4.24. The van der Waals surface area contributed by atoms with Crippen molar-refractivity contribution >= 4 is 5.91 Å². The molecule has 0 aliphatic carbocycles. The molecule has 1 aliphatic rings. The fraction of sp³-hybridized carbons (Fsp3) is 0.688. The Bertz CT molecular complexity index is 573. The molecule has 22 heavy (non-hydrogen) atoms. The van der Waals surface area contributed by atoms with Gasteiger partial charge in [-0.3, -0.25) is 9.48 Å². The molecule has 120 valence electrons. The van der Waals surface area contributed by atoms with Crippen molar-refractivity contribution in [2.75, 3.05) is 19.8 Å². The van der Waals surface area contributed by atoms with Crippen LogP contribution in [-0.4, -0.2) is 46.4 Å². The Balaban J connectivity index is 1.97. The minimum absolute atomic E-state index is 0.154. The number of nitriles is 1. The normalized spacial score (nSPS) is 18.3. The van der Waals surface area contributed by atoms with Crippen molar-refractivity contribution in [2.45, 2.75) is 52.6 Å². The van der Waals surface area contributed by atoms with Crippen molar-refractivity contribution in [1.29, 1.82) is 5.26 Å². The lowest BCUT2D eigenvalue weighted by molar-refractivity contribution is -0.139. The van der Waals surface area contributed by atoms with E-state index in [0.29, 0.717) is 45.6 Å². The Kier molecular flexibility index (Phi) is 5.56. The van der Waals surface area contributed by atoms with Gasteiger partial charge in [0.15, 0.2) is 0 Å². The Labute approximate surface area is 131 Å². The minimum Gasteiger partial charge on any atom is -0.377 e. The molecule has 0 saturated carbocycles. The summed E-state index contributed by atoms with van der Waals surface area (Å²) >= 11 is 0. The zero-order chi connectivity index (χ0) is 16.1. The predicted octanol–water partition coefficient (Wildman–Crippen LogP) is 1.59. The molecule has 0 N–H and O–H groups in total. The molecule has 1 atom stereocenters. The fourth-order valence-electron chi connectivity index (χ4n) is 2.94. The van der Waals surface area contributed by atoms with E-state index in [2.05, 4.69) is 11.2 Å². The summed E-state index contributed by atoms with van der Waals surface area (Å²) in [4.78, 5) is 14.3. The van der Waals surface area contributed by atoms with Crippen LogP contribution in [-0.2, 0) is 22.5 Å². The molecule has 2 rings (SSSR count). The third kappa shape index (κ3) is 3.66. The predicted molar refractivity (Wildman–Crippen MR) is 82.2 cm³/mol. The lowest BCUT2D eigenvalue weighted by Gasteiger charge is -2.33. The summed E-state index contributed by atoms with van der Waals surface area (Å²) in [6.45, 7) is 8.53. The first-order valence-electron chi connectivity index (χ1n) is 7.81. The Morgan fingerprint density at radius 2 is 2.27 bits per heavy atom. The molecule has 1 saturated heterocycles. The molecular weight excluding hydrogens is 280 g/mol. The van der Waals surface area contributed by atoms with Crippen LogP contribution < -0.4 is 0 Å². The van der Waals surface area contributed by atoms with Crippen LogP contribution in [0.4, 0.5) is 0 Å². The van der Waals surface area contributed by atoms with Gasteiger partial charge >= 0.3 is 0 Å². The number of morpholine rings is 1. The molecule has 0 bridgehead atoms. The number of rotatable bonds is 5. The molecule has 1 amide bonds. The van der Waals surface area contributed by atoms with E-state index in [1.165, 1.54) is 0 Å². The minimum atomic E-state index is 0.154. The molecule has 1 aliphatic heterocycles. The van der Waals surface area contributed by atoms with Crippen molar-refractivity contribution in [3.8, 4) is 6.07 Å². The summed E-state index contributed by atoms with van der Waals surface area (Å²) in [5.41, 5.74) is 3.15. The maximum Gasteiger partial charge on any atom is 0.223 e. The zero-order valence-electron chi connectivity index (χ0n) is 13.6. The zero-order valence-corrected chi connectivity index (χ0v) is 13.6. The van der Waals surface area contributed by atoms with Gasteiger partial charge < -0.3 is 9.64 Å². The molecule has 1 aromatic rings. The van der Waals surface area contributed by atoms with Crippen LogP contribution in [0.15, 0.2) is 0 Å². The highest BCUT2D eigenvalue weighted by Crippen LogP contribution is 2.17. The monoisotopic (exact) mass is 304 g/mol. The number of aryl methyl sites for hydroxylation is 2. The molecule has 6 heteroatoms. The highest BCUT2D eigenvalue weighted by Gasteiger charge is 2.24. The van der Waals surface area contributed by atoms with Gasteiger partial charge in [-0.2, -0.15) is 10.4 Å². The van der Waals surface area contributed by atoms with Gasteiger partial charge in [-0.1, -0.05) is 0 Å². The van der Waals surface area contributed by atoms with Gasteiger partial charge in [0.1, 0.15) is 0 Å². The third-order valence-electron chi connectivity index (χ3n) is 4.24. The molecule has 0 spiro atoms. The SMILES string of the molecule is Cc1nn(CCC#N)c(C)c1CCC(=O)N1CCOC[C@H]1C. The summed E-state index contributed by atoms with van der Waals surface area (Å²) in [7, 11) is 0. The Hall–Kier alpha value is -1.87. The van der Waals surface area contributed by atoms with Gasteiger partial charge in [-0.25, -0.2) is 0 Å². The van der Waals surface area contributed by atoms with E-state index in [9.17, 15) is 4.79 Å². The van der Waals surface area contributed by atoms with E-state index in [1.807, 2.05) is 30.4 Å². The van der Waals surface area contributed by atoms with Crippen molar-refractivity contribution in [2.24, 2.45) is 0 Å². The van der Waals surface area contributed by atoms with E-state index in [-0.39, 0.29) is 11.9 Å². The number of ether oxygens (including phenoxy) is 1. The molecule has 0 unspecified atom stereocenters. The first kappa shape index (κ1) is 16.5. The number of carbonyl (C=O) groups is 1. The average molecular weight is 304 g/mol. The molecule has 0 aromatic carbocycles. The highest BCUT2D eigenvalue weighted by atomic mass is 16.5. The van der Waals surface area contributed by atoms with Crippen LogP contribution >= 0.6 is 0 Å². The molecule has 1 aromatic heterocycles. The van der Waals surface area contributed by atoms with Crippen LogP contribution in [0.5, 0.6) is 0 Å². The van der Waals surface area contributed by atoms with Crippen molar-refractivity contribution < 1.29 is 9.53 Å². The molecular formula is C16H24N4O2. The van der Waals surface area contributed by atoms with Gasteiger partial charge in [0.2, 0.25) is 5.91 Å². The number of amides is 1. The number of aromatic nitrogens is 2. The van der Waals surface area contributed by atoms with Crippen LogP contribution in [0.2, 0.25) is 0 Å². The number of hydrogen-bond acceptors (Lipinski definition) is 4. The second kappa shape index (κ2) is 7.41. The summed E-state index contributed by atoms with van der Waals surface area (Å²) in [5.74, 6) is 0.180. The topological polar surface area (TPSA) is 71.2 Å². The molecule has 1 fully saturated rings. The summed E-state index contributed by atoms with van der Waals surface area (Å²) in [6.07, 6.45) is 1.65. The maximum absolute atomic E-state index is 12.4. The lowest BCUT2D eigenvalue weighted by Crippen LogP contribution is -2.47. The van der Waals surface area contributed by atoms with Crippen molar-refractivity contribution in [3.63, 3.8) is 0 Å². The van der Waals surface area contributed by atoms with Gasteiger partial charge in [0.05, 0.1) is 44.0 Å². The number of nitrogens with zero attached hydrogens (tertiary/aromatic N) is 4. The molecule has 2 heterocycles. The Morgan fingerprint density at radius 1 is 1.50 bits per heavy atom. The van der Waals surface area contributed by atoms with Crippen LogP contribution in [0.3, 0.4) is 0 Å². The van der Waals surface area contributed by atoms with Crippen LogP contribution in [0, 0.1) is 25.2 Å². The maximum atomic E-state index is 12.4. The highest BCUT2D eigenvalue weighted by molar-refractivity contribution is 5.77. The quantitative estimate of drug-likeness (QED) is 0.828. The Morgan fingerprint density at radius 3 is 2.95 bits per heavy atom. The summed E-state index contributed by atoms with van der Waals surface area (Å²) in [5, 5.41) is 13.2. The van der Waals surface area contributed by atoms with E-state index in [0.717, 1.165) is 17.0 Å². The first-order chi connectivity index (χ1) is 10.5. The second-order valence-electron chi connectivity index (χ2n) is 5.79. The van der Waals surface area contributed by atoms with Crippen molar-refractivity contribution in [1.82, 2.24) is 14.7 Å². The van der Waals surface area contributed by atoms with E-state index in [1.54, 1.807) is 0 Å². The van der Waals surface area contributed by atoms with Gasteiger partial charge in [-0.15, -0.1) is 0 Å². The van der Waals surface area contributed by atoms with Crippen molar-refractivity contribution in [3.05, 3.63) is 17.0 Å². The summed E-state index contributed by atoms with van der Waals surface area (Å²) in [6, 6.07) is 2.29. The molecule has 6 nitrogen and oxygen atoms in total. The van der Waals surface area contributed by atoms with E-state index in [4.69, 9.17) is 10.00 Å². The van der Waals surface area contributed by atoms with Gasteiger partial charge in [0.25, 0.3) is 0 Å². The van der Waals surface area contributed by atoms with Gasteiger partial charge in [0, 0.05) is 18.7 Å². The number of carbonyl (C=O) groups excluding carboxylic acids is 1. The summed E-state index contributed by atoms with van der Waals surface area (Å²) < 4.78 is 7.24. The lowest BCUT2D eigenvalue weighted by atomic mass is 10.1. The standard InChI is InChI=1S/C16H24N4O2/c1-12-11-22-10-9-19(12)16(21)6-5-15-13(2)18-20(14(15)3)8-4-7-17/h12H,4-6,8-11H2,1-3H3/t12-/m1/s1.